The van der Waals surface area contributed by atoms with E-state index in [2.05, 4.69) is 29.2 Å². The van der Waals surface area contributed by atoms with Crippen molar-refractivity contribution in [3.63, 3.8) is 0 Å². The Bertz CT molecular complexity index is 591. The van der Waals surface area contributed by atoms with Crippen LogP contribution < -0.4 is 16.0 Å². The molecule has 0 aliphatic rings. The molecule has 0 fully saturated rings. The maximum Gasteiger partial charge on any atom is 0.260 e. The van der Waals surface area contributed by atoms with Crippen LogP contribution >= 0.6 is 0 Å². The zero-order chi connectivity index (χ0) is 14.5. The van der Waals surface area contributed by atoms with E-state index >= 15 is 0 Å². The summed E-state index contributed by atoms with van der Waals surface area (Å²) < 4.78 is 19.3. The summed E-state index contributed by atoms with van der Waals surface area (Å²) in [7, 11) is 0. The zero-order valence-corrected chi connectivity index (χ0v) is 11.4. The molecule has 0 saturated heterocycles. The average Bonchev–Trinajstić information content (AvgIpc) is 2.49. The van der Waals surface area contributed by atoms with Crippen LogP contribution in [-0.4, -0.2) is 9.97 Å². The molecule has 0 aliphatic heterocycles. The number of hydrazine groups is 1. The lowest BCUT2D eigenvalue weighted by atomic mass is 9.98. The van der Waals surface area contributed by atoms with Crippen LogP contribution in [0.5, 0.6) is 11.6 Å². The van der Waals surface area contributed by atoms with Gasteiger partial charge in [0, 0.05) is 0 Å². The minimum atomic E-state index is -0.636. The van der Waals surface area contributed by atoms with Crippen molar-refractivity contribution in [2.24, 2.45) is 5.84 Å². The fourth-order valence-electron chi connectivity index (χ4n) is 1.80. The van der Waals surface area contributed by atoms with Gasteiger partial charge in [0.25, 0.3) is 5.88 Å². The third-order valence-corrected chi connectivity index (χ3v) is 3.11. The van der Waals surface area contributed by atoms with Crippen LogP contribution in [0.2, 0.25) is 0 Å². The molecule has 20 heavy (non-hydrogen) atoms. The van der Waals surface area contributed by atoms with Crippen molar-refractivity contribution in [3.8, 4) is 11.6 Å². The number of nitrogens with zero attached hydrogens (tertiary/aromatic N) is 2. The van der Waals surface area contributed by atoms with Gasteiger partial charge in [-0.3, -0.25) is 5.43 Å². The lowest BCUT2D eigenvalue weighted by Crippen LogP contribution is -2.11. The van der Waals surface area contributed by atoms with Gasteiger partial charge in [-0.25, -0.2) is 10.8 Å². The molecule has 0 aliphatic carbocycles. The summed E-state index contributed by atoms with van der Waals surface area (Å²) in [6.07, 6.45) is 1.98. The van der Waals surface area contributed by atoms with Gasteiger partial charge in [0.05, 0.1) is 6.20 Å². The number of hydrogen-bond donors (Lipinski definition) is 2. The molecule has 0 bridgehead atoms. The summed E-state index contributed by atoms with van der Waals surface area (Å²) in [5.41, 5.74) is 3.27. The highest BCUT2D eigenvalue weighted by Crippen LogP contribution is 2.32. The molecule has 1 aromatic heterocycles. The molecule has 1 heterocycles. The van der Waals surface area contributed by atoms with Crippen LogP contribution in [0.15, 0.2) is 30.5 Å². The first-order valence-electron chi connectivity index (χ1n) is 6.41. The van der Waals surface area contributed by atoms with Crippen molar-refractivity contribution in [1.29, 1.82) is 0 Å². The van der Waals surface area contributed by atoms with E-state index in [0.717, 1.165) is 18.2 Å². The van der Waals surface area contributed by atoms with E-state index in [-0.39, 0.29) is 11.8 Å². The predicted molar refractivity (Wildman–Crippen MR) is 75.0 cm³/mol. The Hall–Kier alpha value is -2.21. The molecule has 1 aromatic carbocycles. The molecule has 1 atom stereocenters. The standard InChI is InChI=1S/C14H17FN4O/c1-3-9(2)10-6-4-5-7-12(10)20-13-11(15)8-17-14(18-13)19-16/h4-9H,3,16H2,1-2H3,(H,17,18,19). The minimum absolute atomic E-state index is 0.0995. The predicted octanol–water partition coefficient (Wildman–Crippen LogP) is 3.21. The number of nitrogen functional groups attached to an aromatic ring is 1. The maximum absolute atomic E-state index is 13.7. The fraction of sp³-hybridized carbons (Fsp3) is 0.286. The highest BCUT2D eigenvalue weighted by molar-refractivity contribution is 5.39. The monoisotopic (exact) mass is 276 g/mol. The molecule has 0 spiro atoms. The Labute approximate surface area is 117 Å². The van der Waals surface area contributed by atoms with Crippen LogP contribution in [0.3, 0.4) is 0 Å². The topological polar surface area (TPSA) is 73.1 Å². The van der Waals surface area contributed by atoms with Gasteiger partial charge in [-0.05, 0) is 24.0 Å². The van der Waals surface area contributed by atoms with Crippen LogP contribution in [0.25, 0.3) is 0 Å². The van der Waals surface area contributed by atoms with E-state index in [1.807, 2.05) is 18.2 Å². The van der Waals surface area contributed by atoms with Crippen molar-refractivity contribution in [2.45, 2.75) is 26.2 Å². The van der Waals surface area contributed by atoms with Gasteiger partial charge in [0.2, 0.25) is 11.8 Å². The van der Waals surface area contributed by atoms with Crippen molar-refractivity contribution < 1.29 is 9.13 Å². The van der Waals surface area contributed by atoms with Gasteiger partial charge in [0.1, 0.15) is 5.75 Å². The second-order valence-corrected chi connectivity index (χ2v) is 4.44. The van der Waals surface area contributed by atoms with E-state index in [4.69, 9.17) is 10.6 Å². The summed E-state index contributed by atoms with van der Waals surface area (Å²) in [4.78, 5) is 7.54. The number of rotatable bonds is 5. The molecular weight excluding hydrogens is 259 g/mol. The Kier molecular flexibility index (Phi) is 4.47. The van der Waals surface area contributed by atoms with Crippen LogP contribution in [0.4, 0.5) is 10.3 Å². The summed E-state index contributed by atoms with van der Waals surface area (Å²) in [5, 5.41) is 0. The van der Waals surface area contributed by atoms with Gasteiger partial charge < -0.3 is 4.74 Å². The molecule has 106 valence electrons. The molecule has 2 aromatic rings. The molecule has 0 radical (unpaired) electrons. The van der Waals surface area contributed by atoms with Gasteiger partial charge in [0.15, 0.2) is 0 Å². The van der Waals surface area contributed by atoms with E-state index in [1.165, 1.54) is 0 Å². The van der Waals surface area contributed by atoms with Crippen molar-refractivity contribution in [3.05, 3.63) is 41.8 Å². The minimum Gasteiger partial charge on any atom is -0.436 e. The lowest BCUT2D eigenvalue weighted by molar-refractivity contribution is 0.413. The summed E-state index contributed by atoms with van der Waals surface area (Å²) in [6.45, 7) is 4.18. The Morgan fingerprint density at radius 3 is 2.85 bits per heavy atom. The molecule has 6 heteroatoms. The average molecular weight is 276 g/mol. The van der Waals surface area contributed by atoms with Gasteiger partial charge in [-0.15, -0.1) is 0 Å². The highest BCUT2D eigenvalue weighted by Gasteiger charge is 2.14. The first kappa shape index (κ1) is 14.2. The van der Waals surface area contributed by atoms with Crippen molar-refractivity contribution in [2.75, 3.05) is 5.43 Å². The molecular formula is C14H17FN4O. The summed E-state index contributed by atoms with van der Waals surface area (Å²) in [6, 6.07) is 7.52. The first-order valence-corrected chi connectivity index (χ1v) is 6.41. The van der Waals surface area contributed by atoms with E-state index < -0.39 is 5.82 Å². The smallest absolute Gasteiger partial charge is 0.260 e. The van der Waals surface area contributed by atoms with Crippen LogP contribution in [-0.2, 0) is 0 Å². The van der Waals surface area contributed by atoms with Gasteiger partial charge in [-0.2, -0.15) is 9.37 Å². The van der Waals surface area contributed by atoms with Crippen molar-refractivity contribution >= 4 is 5.95 Å². The van der Waals surface area contributed by atoms with Gasteiger partial charge in [-0.1, -0.05) is 32.0 Å². The Morgan fingerprint density at radius 2 is 2.15 bits per heavy atom. The molecule has 0 amide bonds. The number of nitrogens with one attached hydrogen (secondary N) is 1. The second-order valence-electron chi connectivity index (χ2n) is 4.44. The van der Waals surface area contributed by atoms with E-state index in [9.17, 15) is 4.39 Å². The normalized spacial score (nSPS) is 12.0. The first-order chi connectivity index (χ1) is 9.65. The SMILES string of the molecule is CCC(C)c1ccccc1Oc1nc(NN)ncc1F. The van der Waals surface area contributed by atoms with Crippen LogP contribution in [0, 0.1) is 5.82 Å². The van der Waals surface area contributed by atoms with E-state index in [1.54, 1.807) is 6.07 Å². The number of halogens is 1. The molecule has 0 saturated carbocycles. The number of nitrogens with two attached hydrogens (primary N) is 1. The third kappa shape index (κ3) is 3.03. The summed E-state index contributed by atoms with van der Waals surface area (Å²) in [5.74, 6) is 5.42. The molecule has 3 N–H and O–H groups in total. The van der Waals surface area contributed by atoms with Crippen LogP contribution in [0.1, 0.15) is 31.7 Å². The third-order valence-electron chi connectivity index (χ3n) is 3.11. The van der Waals surface area contributed by atoms with Crippen molar-refractivity contribution in [1.82, 2.24) is 9.97 Å². The van der Waals surface area contributed by atoms with Gasteiger partial charge >= 0.3 is 0 Å². The quantitative estimate of drug-likeness (QED) is 0.648. The number of anilines is 1. The number of benzene rings is 1. The second kappa shape index (κ2) is 6.29. The number of para-hydroxylation sites is 1. The zero-order valence-electron chi connectivity index (χ0n) is 11.4. The molecule has 1 unspecified atom stereocenters. The lowest BCUT2D eigenvalue weighted by Gasteiger charge is -2.15. The van der Waals surface area contributed by atoms with E-state index in [0.29, 0.717) is 11.7 Å². The molecule has 5 nitrogen and oxygen atoms in total. The number of aromatic nitrogens is 2. The largest absolute Gasteiger partial charge is 0.436 e. The highest BCUT2D eigenvalue weighted by atomic mass is 19.1. The summed E-state index contributed by atoms with van der Waals surface area (Å²) >= 11 is 0. The Morgan fingerprint density at radius 1 is 1.40 bits per heavy atom. The number of hydrogen-bond acceptors (Lipinski definition) is 5. The fourth-order valence-corrected chi connectivity index (χ4v) is 1.80. The molecule has 2 rings (SSSR count). The number of ether oxygens (including phenoxy) is 1. The maximum atomic E-state index is 13.7. The Balaban J connectivity index is 2.35.